The first-order valence-electron chi connectivity index (χ1n) is 5.98. The highest BCUT2D eigenvalue weighted by molar-refractivity contribution is 9.10. The van der Waals surface area contributed by atoms with Crippen molar-refractivity contribution in [1.29, 1.82) is 0 Å². The molecule has 0 spiro atoms. The van der Waals surface area contributed by atoms with Gasteiger partial charge >= 0.3 is 0 Å². The molecule has 3 N–H and O–H groups in total. The summed E-state index contributed by atoms with van der Waals surface area (Å²) in [6.45, 7) is 2.71. The van der Waals surface area contributed by atoms with E-state index in [9.17, 15) is 9.18 Å². The Kier molecular flexibility index (Phi) is 6.29. The molecular weight excluding hydrogens is 299 g/mol. The molecule has 0 aromatic heterocycles. The van der Waals surface area contributed by atoms with Crippen LogP contribution < -0.4 is 11.1 Å². The van der Waals surface area contributed by atoms with E-state index in [4.69, 9.17) is 5.73 Å². The van der Waals surface area contributed by atoms with Crippen LogP contribution in [0.5, 0.6) is 0 Å². The summed E-state index contributed by atoms with van der Waals surface area (Å²) in [5, 5.41) is 2.68. The van der Waals surface area contributed by atoms with Crippen molar-refractivity contribution >= 4 is 27.5 Å². The van der Waals surface area contributed by atoms with Crippen LogP contribution in [0.25, 0.3) is 0 Å². The highest BCUT2D eigenvalue weighted by Crippen LogP contribution is 2.19. The molecule has 0 saturated carbocycles. The molecule has 1 atom stereocenters. The zero-order valence-electron chi connectivity index (χ0n) is 10.4. The minimum absolute atomic E-state index is 0.0967. The van der Waals surface area contributed by atoms with Gasteiger partial charge in [-0.25, -0.2) is 4.39 Å². The lowest BCUT2D eigenvalue weighted by Gasteiger charge is -2.10. The van der Waals surface area contributed by atoms with E-state index in [1.54, 1.807) is 12.1 Å². The summed E-state index contributed by atoms with van der Waals surface area (Å²) in [5.74, 6) is -0.0488. The number of anilines is 1. The van der Waals surface area contributed by atoms with E-state index in [-0.39, 0.29) is 11.7 Å². The molecule has 0 saturated heterocycles. The molecule has 0 radical (unpaired) electrons. The summed E-state index contributed by atoms with van der Waals surface area (Å²) in [7, 11) is 0. The van der Waals surface area contributed by atoms with Gasteiger partial charge in [0.05, 0.1) is 4.47 Å². The van der Waals surface area contributed by atoms with Crippen molar-refractivity contribution in [3.05, 3.63) is 28.5 Å². The topological polar surface area (TPSA) is 55.1 Å². The molecule has 1 rings (SSSR count). The second kappa shape index (κ2) is 7.48. The number of carbonyl (C=O) groups is 1. The Bertz CT molecular complexity index is 412. The number of carbonyl (C=O) groups excluding carboxylic acids is 1. The van der Waals surface area contributed by atoms with Gasteiger partial charge in [-0.15, -0.1) is 0 Å². The Morgan fingerprint density at radius 3 is 2.83 bits per heavy atom. The largest absolute Gasteiger partial charge is 0.330 e. The van der Waals surface area contributed by atoms with Gasteiger partial charge in [-0.3, -0.25) is 4.79 Å². The molecule has 0 aliphatic heterocycles. The number of hydrogen-bond donors (Lipinski definition) is 2. The van der Waals surface area contributed by atoms with Gasteiger partial charge in [0, 0.05) is 12.1 Å². The molecule has 1 amide bonds. The number of nitrogens with two attached hydrogens (primary N) is 1. The van der Waals surface area contributed by atoms with Gasteiger partial charge in [0.1, 0.15) is 5.82 Å². The van der Waals surface area contributed by atoms with Crippen LogP contribution in [-0.4, -0.2) is 12.5 Å². The Morgan fingerprint density at radius 2 is 2.22 bits per heavy atom. The summed E-state index contributed by atoms with van der Waals surface area (Å²) < 4.78 is 13.6. The monoisotopic (exact) mass is 316 g/mol. The van der Waals surface area contributed by atoms with E-state index >= 15 is 0 Å². The van der Waals surface area contributed by atoms with Crippen LogP contribution in [0.15, 0.2) is 22.7 Å². The maximum Gasteiger partial charge on any atom is 0.224 e. The van der Waals surface area contributed by atoms with Gasteiger partial charge in [-0.2, -0.15) is 0 Å². The second-order valence-electron chi connectivity index (χ2n) is 4.40. The average Bonchev–Trinajstić information content (AvgIpc) is 2.32. The molecule has 1 unspecified atom stereocenters. The predicted octanol–water partition coefficient (Wildman–Crippen LogP) is 3.29. The Morgan fingerprint density at radius 1 is 1.50 bits per heavy atom. The summed E-state index contributed by atoms with van der Waals surface area (Å²) in [5.41, 5.74) is 5.92. The molecule has 1 aromatic rings. The number of amides is 1. The first kappa shape index (κ1) is 15.1. The minimum Gasteiger partial charge on any atom is -0.330 e. The van der Waals surface area contributed by atoms with Crippen LogP contribution >= 0.6 is 15.9 Å². The van der Waals surface area contributed by atoms with Gasteiger partial charge in [-0.1, -0.05) is 6.92 Å². The zero-order chi connectivity index (χ0) is 13.5. The fraction of sp³-hybridized carbons (Fsp3) is 0.462. The van der Waals surface area contributed by atoms with Crippen LogP contribution in [-0.2, 0) is 4.79 Å². The van der Waals surface area contributed by atoms with Gasteiger partial charge < -0.3 is 11.1 Å². The van der Waals surface area contributed by atoms with Crippen molar-refractivity contribution < 1.29 is 9.18 Å². The van der Waals surface area contributed by atoms with Crippen LogP contribution in [0.4, 0.5) is 10.1 Å². The molecule has 100 valence electrons. The van der Waals surface area contributed by atoms with E-state index < -0.39 is 0 Å². The number of benzene rings is 1. The van der Waals surface area contributed by atoms with Crippen molar-refractivity contribution in [1.82, 2.24) is 0 Å². The van der Waals surface area contributed by atoms with E-state index in [1.165, 1.54) is 6.07 Å². The maximum absolute atomic E-state index is 13.2. The molecule has 1 aromatic carbocycles. The van der Waals surface area contributed by atoms with E-state index in [2.05, 4.69) is 28.2 Å². The Labute approximate surface area is 115 Å². The summed E-state index contributed by atoms with van der Waals surface area (Å²) in [6, 6.07) is 4.53. The van der Waals surface area contributed by atoms with Crippen molar-refractivity contribution in [2.75, 3.05) is 11.9 Å². The number of nitrogens with one attached hydrogen (secondary N) is 1. The molecular formula is C13H18BrFN2O. The first-order valence-corrected chi connectivity index (χ1v) is 6.77. The highest BCUT2D eigenvalue weighted by Gasteiger charge is 2.08. The third-order valence-corrected chi connectivity index (χ3v) is 3.37. The number of halogens is 2. The Balaban J connectivity index is 2.42. The molecule has 18 heavy (non-hydrogen) atoms. The van der Waals surface area contributed by atoms with Crippen LogP contribution in [0.3, 0.4) is 0 Å². The van der Waals surface area contributed by atoms with Crippen molar-refractivity contribution in [2.24, 2.45) is 11.7 Å². The maximum atomic E-state index is 13.2. The quantitative estimate of drug-likeness (QED) is 0.846. The molecule has 0 aliphatic rings. The van der Waals surface area contributed by atoms with Gasteiger partial charge in [0.25, 0.3) is 0 Å². The summed E-state index contributed by atoms with van der Waals surface area (Å²) in [6.07, 6.45) is 2.14. The molecule has 0 fully saturated rings. The lowest BCUT2D eigenvalue weighted by molar-refractivity contribution is -0.116. The highest BCUT2D eigenvalue weighted by atomic mass is 79.9. The van der Waals surface area contributed by atoms with Gasteiger partial charge in [-0.05, 0) is 59.4 Å². The lowest BCUT2D eigenvalue weighted by atomic mass is 10.0. The molecule has 3 nitrogen and oxygen atoms in total. The van der Waals surface area contributed by atoms with E-state index in [0.717, 1.165) is 12.8 Å². The van der Waals surface area contributed by atoms with Crippen molar-refractivity contribution in [3.63, 3.8) is 0 Å². The molecule has 0 heterocycles. The van der Waals surface area contributed by atoms with Crippen molar-refractivity contribution in [2.45, 2.75) is 26.2 Å². The zero-order valence-corrected chi connectivity index (χ0v) is 12.0. The second-order valence-corrected chi connectivity index (χ2v) is 5.25. The third kappa shape index (κ3) is 5.14. The first-order chi connectivity index (χ1) is 8.52. The number of hydrogen-bond acceptors (Lipinski definition) is 2. The normalized spacial score (nSPS) is 12.2. The average molecular weight is 317 g/mol. The fourth-order valence-electron chi connectivity index (χ4n) is 1.60. The summed E-state index contributed by atoms with van der Waals surface area (Å²) in [4.78, 5) is 11.6. The van der Waals surface area contributed by atoms with E-state index in [0.29, 0.717) is 29.0 Å². The van der Waals surface area contributed by atoms with E-state index in [1.807, 2.05) is 0 Å². The molecule has 0 bridgehead atoms. The molecule has 5 heteroatoms. The molecule has 0 aliphatic carbocycles. The standard InChI is InChI=1S/C13H18BrFN2O/c1-9(6-7-16)2-5-13(18)17-10-3-4-11(14)12(15)8-10/h3-4,8-9H,2,5-7,16H2,1H3,(H,17,18). The van der Waals surface area contributed by atoms with Gasteiger partial charge in [0.15, 0.2) is 0 Å². The smallest absolute Gasteiger partial charge is 0.224 e. The van der Waals surface area contributed by atoms with Crippen LogP contribution in [0, 0.1) is 11.7 Å². The lowest BCUT2D eigenvalue weighted by Crippen LogP contribution is -2.14. The summed E-state index contributed by atoms with van der Waals surface area (Å²) >= 11 is 3.06. The van der Waals surface area contributed by atoms with Crippen molar-refractivity contribution in [3.8, 4) is 0 Å². The van der Waals surface area contributed by atoms with Crippen LogP contribution in [0.2, 0.25) is 0 Å². The van der Waals surface area contributed by atoms with Crippen LogP contribution in [0.1, 0.15) is 26.2 Å². The third-order valence-electron chi connectivity index (χ3n) is 2.73. The minimum atomic E-state index is -0.385. The predicted molar refractivity (Wildman–Crippen MR) is 74.8 cm³/mol. The van der Waals surface area contributed by atoms with Gasteiger partial charge in [0.2, 0.25) is 5.91 Å². The Hall–Kier alpha value is -0.940. The SMILES string of the molecule is CC(CCN)CCC(=O)Nc1ccc(Br)c(F)c1. The fourth-order valence-corrected chi connectivity index (χ4v) is 1.85. The number of rotatable bonds is 6.